The van der Waals surface area contributed by atoms with Gasteiger partial charge in [-0.3, -0.25) is 0 Å². The summed E-state index contributed by atoms with van der Waals surface area (Å²) in [6, 6.07) is 5.79. The summed E-state index contributed by atoms with van der Waals surface area (Å²) in [6.45, 7) is 3.51. The molecule has 120 valence electrons. The van der Waals surface area contributed by atoms with Crippen LogP contribution in [-0.4, -0.2) is 39.8 Å². The van der Waals surface area contributed by atoms with Crippen LogP contribution in [0.2, 0.25) is 0 Å². The van der Waals surface area contributed by atoms with Gasteiger partial charge in [0.25, 0.3) is 0 Å². The highest BCUT2D eigenvalue weighted by atomic mass is 32.2. The van der Waals surface area contributed by atoms with Crippen LogP contribution in [0.5, 0.6) is 0 Å². The van der Waals surface area contributed by atoms with Gasteiger partial charge in [0.2, 0.25) is 0 Å². The third-order valence-corrected chi connectivity index (χ3v) is 3.74. The normalized spacial score (nSPS) is 10.7. The summed E-state index contributed by atoms with van der Waals surface area (Å²) >= 11 is 0. The second-order valence-corrected chi connectivity index (χ2v) is 6.36. The molecule has 1 aromatic carbocycles. The molecule has 0 aliphatic rings. The van der Waals surface area contributed by atoms with Crippen LogP contribution in [0, 0.1) is 0 Å². The van der Waals surface area contributed by atoms with Gasteiger partial charge in [-0.25, -0.2) is 18.0 Å². The Bertz CT molecular complexity index is 650. The number of sulfone groups is 1. The van der Waals surface area contributed by atoms with Crippen molar-refractivity contribution in [3.8, 4) is 0 Å². The van der Waals surface area contributed by atoms with Crippen LogP contribution in [0.4, 0.5) is 0 Å². The molecule has 0 atom stereocenters. The molecule has 0 bridgehead atoms. The first kappa shape index (κ1) is 17.9. The predicted molar refractivity (Wildman–Crippen MR) is 80.8 cm³/mol. The average molecular weight is 326 g/mol. The van der Waals surface area contributed by atoms with Crippen LogP contribution in [-0.2, 0) is 28.9 Å². The summed E-state index contributed by atoms with van der Waals surface area (Å²) in [5, 5.41) is 0. The third kappa shape index (κ3) is 5.00. The van der Waals surface area contributed by atoms with E-state index in [9.17, 15) is 18.0 Å². The number of hydrogen-bond acceptors (Lipinski definition) is 6. The lowest BCUT2D eigenvalue weighted by atomic mass is 10.1. The van der Waals surface area contributed by atoms with Crippen molar-refractivity contribution in [2.24, 2.45) is 0 Å². The maximum atomic E-state index is 11.8. The minimum atomic E-state index is -3.30. The lowest BCUT2D eigenvalue weighted by Crippen LogP contribution is -2.18. The van der Waals surface area contributed by atoms with Crippen molar-refractivity contribution >= 4 is 27.9 Å². The molecule has 0 aliphatic carbocycles. The number of carbonyl (C=O) groups is 2. The topological polar surface area (TPSA) is 86.7 Å². The lowest BCUT2D eigenvalue weighted by molar-refractivity contribution is -0.146. The Morgan fingerprint density at radius 3 is 1.82 bits per heavy atom. The number of ether oxygens (including phenoxy) is 2. The van der Waals surface area contributed by atoms with Crippen molar-refractivity contribution < 1.29 is 27.5 Å². The van der Waals surface area contributed by atoms with Gasteiger partial charge in [-0.05, 0) is 37.6 Å². The second kappa shape index (κ2) is 7.74. The molecule has 0 aromatic heterocycles. The summed E-state index contributed by atoms with van der Waals surface area (Å²) in [7, 11) is -3.30. The molecule has 0 spiro atoms. The van der Waals surface area contributed by atoms with E-state index in [1.54, 1.807) is 13.8 Å². The first-order valence-electron chi connectivity index (χ1n) is 6.65. The van der Waals surface area contributed by atoms with Gasteiger partial charge in [0.1, 0.15) is 5.57 Å². The van der Waals surface area contributed by atoms with Gasteiger partial charge in [-0.2, -0.15) is 0 Å². The summed E-state index contributed by atoms with van der Waals surface area (Å²) < 4.78 is 32.4. The van der Waals surface area contributed by atoms with E-state index in [4.69, 9.17) is 9.47 Å². The second-order valence-electron chi connectivity index (χ2n) is 4.34. The van der Waals surface area contributed by atoms with Gasteiger partial charge in [0.15, 0.2) is 9.84 Å². The molecule has 0 aliphatic heterocycles. The molecule has 0 unspecified atom stereocenters. The highest BCUT2D eigenvalue weighted by Crippen LogP contribution is 2.14. The van der Waals surface area contributed by atoms with Gasteiger partial charge in [0, 0.05) is 6.26 Å². The van der Waals surface area contributed by atoms with E-state index in [1.165, 1.54) is 30.3 Å². The van der Waals surface area contributed by atoms with Gasteiger partial charge in [-0.1, -0.05) is 12.1 Å². The Balaban J connectivity index is 3.15. The Hall–Kier alpha value is -2.15. The molecule has 7 heteroatoms. The van der Waals surface area contributed by atoms with Crippen molar-refractivity contribution in [3.05, 3.63) is 35.4 Å². The quantitative estimate of drug-likeness (QED) is 0.341. The Labute approximate surface area is 129 Å². The van der Waals surface area contributed by atoms with Gasteiger partial charge in [0.05, 0.1) is 18.1 Å². The molecule has 1 rings (SSSR count). The van der Waals surface area contributed by atoms with Crippen LogP contribution in [0.1, 0.15) is 19.4 Å². The maximum Gasteiger partial charge on any atom is 0.345 e. The molecule has 6 nitrogen and oxygen atoms in total. The van der Waals surface area contributed by atoms with Crippen molar-refractivity contribution in [1.82, 2.24) is 0 Å². The molecule has 0 amide bonds. The monoisotopic (exact) mass is 326 g/mol. The fourth-order valence-electron chi connectivity index (χ4n) is 1.60. The molecule has 0 saturated heterocycles. The first-order chi connectivity index (χ1) is 10.3. The van der Waals surface area contributed by atoms with Gasteiger partial charge >= 0.3 is 11.9 Å². The molecule has 0 heterocycles. The lowest BCUT2D eigenvalue weighted by Gasteiger charge is -2.07. The van der Waals surface area contributed by atoms with E-state index in [1.807, 2.05) is 0 Å². The fraction of sp³-hybridized carbons (Fsp3) is 0.333. The van der Waals surface area contributed by atoms with E-state index in [0.29, 0.717) is 5.56 Å². The number of esters is 2. The van der Waals surface area contributed by atoms with E-state index >= 15 is 0 Å². The van der Waals surface area contributed by atoms with Gasteiger partial charge < -0.3 is 9.47 Å². The zero-order chi connectivity index (χ0) is 16.8. The van der Waals surface area contributed by atoms with E-state index in [2.05, 4.69) is 0 Å². The van der Waals surface area contributed by atoms with Crippen LogP contribution in [0.25, 0.3) is 6.08 Å². The number of benzene rings is 1. The number of hydrogen-bond donors (Lipinski definition) is 0. The number of rotatable bonds is 6. The SMILES string of the molecule is CCOC(=O)C(=Cc1ccc(S(C)(=O)=O)cc1)C(=O)OCC. The largest absolute Gasteiger partial charge is 0.462 e. The first-order valence-corrected chi connectivity index (χ1v) is 8.54. The minimum Gasteiger partial charge on any atom is -0.462 e. The van der Waals surface area contributed by atoms with Crippen LogP contribution in [0.15, 0.2) is 34.7 Å². The van der Waals surface area contributed by atoms with E-state index in [-0.39, 0.29) is 23.7 Å². The summed E-state index contributed by atoms with van der Waals surface area (Å²) in [5.74, 6) is -1.57. The smallest absolute Gasteiger partial charge is 0.345 e. The summed E-state index contributed by atoms with van der Waals surface area (Å²) in [4.78, 5) is 23.8. The van der Waals surface area contributed by atoms with Crippen molar-refractivity contribution in [2.75, 3.05) is 19.5 Å². The maximum absolute atomic E-state index is 11.8. The highest BCUT2D eigenvalue weighted by molar-refractivity contribution is 7.90. The fourth-order valence-corrected chi connectivity index (χ4v) is 2.23. The molecule has 0 fully saturated rings. The van der Waals surface area contributed by atoms with Crippen LogP contribution < -0.4 is 0 Å². The Kier molecular flexibility index (Phi) is 6.30. The molecule has 22 heavy (non-hydrogen) atoms. The summed E-state index contributed by atoms with van der Waals surface area (Å²) in [6.07, 6.45) is 2.41. The molecule has 1 aromatic rings. The van der Waals surface area contributed by atoms with E-state index < -0.39 is 21.8 Å². The molecule has 0 radical (unpaired) electrons. The standard InChI is InChI=1S/C15H18O6S/c1-4-20-14(16)13(15(17)21-5-2)10-11-6-8-12(9-7-11)22(3,18)19/h6-10H,4-5H2,1-3H3. The van der Waals surface area contributed by atoms with Crippen molar-refractivity contribution in [3.63, 3.8) is 0 Å². The average Bonchev–Trinajstić information content (AvgIpc) is 2.44. The third-order valence-electron chi connectivity index (χ3n) is 2.61. The molecular weight excluding hydrogens is 308 g/mol. The zero-order valence-electron chi connectivity index (χ0n) is 12.7. The predicted octanol–water partition coefficient (Wildman–Crippen LogP) is 1.60. The Morgan fingerprint density at radius 1 is 1.00 bits per heavy atom. The zero-order valence-corrected chi connectivity index (χ0v) is 13.5. The Morgan fingerprint density at radius 2 is 1.45 bits per heavy atom. The van der Waals surface area contributed by atoms with Gasteiger partial charge in [-0.15, -0.1) is 0 Å². The molecule has 0 N–H and O–H groups in total. The van der Waals surface area contributed by atoms with Crippen molar-refractivity contribution in [1.29, 1.82) is 0 Å². The molecular formula is C15H18O6S. The number of carbonyl (C=O) groups excluding carboxylic acids is 2. The van der Waals surface area contributed by atoms with Crippen molar-refractivity contribution in [2.45, 2.75) is 18.7 Å². The van der Waals surface area contributed by atoms with E-state index in [0.717, 1.165) is 6.26 Å². The van der Waals surface area contributed by atoms with Crippen LogP contribution in [0.3, 0.4) is 0 Å². The molecule has 0 saturated carbocycles. The van der Waals surface area contributed by atoms with Crippen LogP contribution >= 0.6 is 0 Å². The summed E-state index contributed by atoms with van der Waals surface area (Å²) in [5.41, 5.74) is 0.249. The minimum absolute atomic E-state index is 0.128. The highest BCUT2D eigenvalue weighted by Gasteiger charge is 2.21.